The van der Waals surface area contributed by atoms with Gasteiger partial charge in [0.25, 0.3) is 5.91 Å². The molecule has 2 saturated heterocycles. The highest BCUT2D eigenvalue weighted by atomic mass is 16.5. The Hall–Kier alpha value is -3.62. The van der Waals surface area contributed by atoms with Gasteiger partial charge in [-0.25, -0.2) is 4.79 Å². The second-order valence-corrected chi connectivity index (χ2v) is 10.0. The van der Waals surface area contributed by atoms with Crippen LogP contribution in [0.2, 0.25) is 0 Å². The first-order valence-corrected chi connectivity index (χ1v) is 13.0. The minimum atomic E-state index is -0.838. The molecule has 0 radical (unpaired) electrons. The van der Waals surface area contributed by atoms with Crippen LogP contribution in [0.15, 0.2) is 60.7 Å². The van der Waals surface area contributed by atoms with E-state index in [-0.39, 0.29) is 18.5 Å². The van der Waals surface area contributed by atoms with E-state index in [0.717, 1.165) is 33.4 Å². The monoisotopic (exact) mass is 517 g/mol. The minimum absolute atomic E-state index is 0.102. The Morgan fingerprint density at radius 2 is 1.47 bits per heavy atom. The van der Waals surface area contributed by atoms with Gasteiger partial charge >= 0.3 is 6.03 Å². The van der Waals surface area contributed by atoms with Crippen LogP contribution in [0.25, 0.3) is 10.8 Å². The fraction of sp³-hybridized carbons (Fsp3) is 0.400. The minimum Gasteiger partial charge on any atom is -0.497 e. The number of methoxy groups -OCH3 is 3. The zero-order valence-electron chi connectivity index (χ0n) is 22.3. The summed E-state index contributed by atoms with van der Waals surface area (Å²) in [5, 5.41) is 2.23. The van der Waals surface area contributed by atoms with Crippen LogP contribution in [-0.4, -0.2) is 79.7 Å². The molecule has 5 rings (SSSR count). The lowest BCUT2D eigenvalue weighted by Gasteiger charge is -2.42. The first-order chi connectivity index (χ1) is 18.5. The van der Waals surface area contributed by atoms with E-state index in [9.17, 15) is 9.59 Å². The summed E-state index contributed by atoms with van der Waals surface area (Å²) >= 11 is 0. The van der Waals surface area contributed by atoms with E-state index in [1.54, 1.807) is 26.2 Å². The van der Waals surface area contributed by atoms with Crippen molar-refractivity contribution in [1.29, 1.82) is 0 Å². The summed E-state index contributed by atoms with van der Waals surface area (Å²) in [5.74, 6) is 1.40. The molecular weight excluding hydrogens is 482 g/mol. The lowest BCUT2D eigenvalue weighted by molar-refractivity contribution is -0.136. The molecule has 2 aliphatic heterocycles. The normalized spacial score (nSPS) is 17.6. The van der Waals surface area contributed by atoms with E-state index in [0.29, 0.717) is 45.6 Å². The first-order valence-electron chi connectivity index (χ1n) is 13.0. The van der Waals surface area contributed by atoms with Gasteiger partial charge in [0.15, 0.2) is 0 Å². The number of hydrogen-bond donors (Lipinski definition) is 0. The maximum Gasteiger partial charge on any atom is 0.328 e. The van der Waals surface area contributed by atoms with Gasteiger partial charge in [-0.1, -0.05) is 36.4 Å². The van der Waals surface area contributed by atoms with Gasteiger partial charge in [0.2, 0.25) is 0 Å². The number of nitrogens with zero attached hydrogens (tertiary/aromatic N) is 3. The molecule has 8 heteroatoms. The fourth-order valence-electron chi connectivity index (χ4n) is 5.71. The molecule has 38 heavy (non-hydrogen) atoms. The maximum atomic E-state index is 13.9. The van der Waals surface area contributed by atoms with Crippen molar-refractivity contribution >= 4 is 22.7 Å². The number of rotatable bonds is 9. The van der Waals surface area contributed by atoms with E-state index in [4.69, 9.17) is 14.2 Å². The third kappa shape index (κ3) is 4.93. The molecule has 1 spiro atoms. The van der Waals surface area contributed by atoms with Crippen molar-refractivity contribution in [1.82, 2.24) is 14.7 Å². The van der Waals surface area contributed by atoms with Crippen LogP contribution >= 0.6 is 0 Å². The summed E-state index contributed by atoms with van der Waals surface area (Å²) in [6.45, 7) is 3.16. The summed E-state index contributed by atoms with van der Waals surface area (Å²) in [6, 6.07) is 19.8. The molecule has 0 aromatic heterocycles. The average Bonchev–Trinajstić information content (AvgIpc) is 3.13. The van der Waals surface area contributed by atoms with Crippen LogP contribution in [0.5, 0.6) is 11.5 Å². The molecule has 0 aliphatic carbocycles. The zero-order valence-corrected chi connectivity index (χ0v) is 22.3. The van der Waals surface area contributed by atoms with Crippen LogP contribution in [-0.2, 0) is 22.6 Å². The molecule has 0 atom stereocenters. The predicted molar refractivity (Wildman–Crippen MR) is 145 cm³/mol. The van der Waals surface area contributed by atoms with Gasteiger partial charge in [-0.2, -0.15) is 0 Å². The summed E-state index contributed by atoms with van der Waals surface area (Å²) in [4.78, 5) is 33.1. The number of carbonyl (C=O) groups is 2. The third-order valence-electron chi connectivity index (χ3n) is 7.80. The van der Waals surface area contributed by atoms with Gasteiger partial charge in [-0.15, -0.1) is 0 Å². The smallest absolute Gasteiger partial charge is 0.328 e. The Morgan fingerprint density at radius 1 is 0.789 bits per heavy atom. The molecule has 200 valence electrons. The van der Waals surface area contributed by atoms with Gasteiger partial charge in [0.1, 0.15) is 17.0 Å². The van der Waals surface area contributed by atoms with Crippen molar-refractivity contribution in [2.24, 2.45) is 0 Å². The van der Waals surface area contributed by atoms with E-state index in [1.807, 2.05) is 48.5 Å². The molecule has 0 unspecified atom stereocenters. The van der Waals surface area contributed by atoms with Gasteiger partial charge in [0.05, 0.1) is 27.4 Å². The van der Waals surface area contributed by atoms with Crippen LogP contribution in [0.3, 0.4) is 0 Å². The highest BCUT2D eigenvalue weighted by molar-refractivity contribution is 6.07. The number of imide groups is 1. The van der Waals surface area contributed by atoms with E-state index < -0.39 is 5.54 Å². The predicted octanol–water partition coefficient (Wildman–Crippen LogP) is 4.30. The molecule has 8 nitrogen and oxygen atoms in total. The number of urea groups is 1. The van der Waals surface area contributed by atoms with Gasteiger partial charge < -0.3 is 19.1 Å². The zero-order chi connectivity index (χ0) is 26.7. The Bertz CT molecular complexity index is 1300. The molecule has 3 aromatic rings. The maximum absolute atomic E-state index is 13.9. The van der Waals surface area contributed by atoms with Crippen molar-refractivity contribution in [2.75, 3.05) is 47.6 Å². The van der Waals surface area contributed by atoms with Crippen LogP contribution in [0, 0.1) is 0 Å². The molecule has 0 bridgehead atoms. The second kappa shape index (κ2) is 11.0. The molecular formula is C30H35N3O5. The van der Waals surface area contributed by atoms with E-state index >= 15 is 0 Å². The van der Waals surface area contributed by atoms with Crippen molar-refractivity contribution in [3.05, 3.63) is 71.8 Å². The van der Waals surface area contributed by atoms with Gasteiger partial charge in [0, 0.05) is 39.4 Å². The van der Waals surface area contributed by atoms with Crippen LogP contribution in [0.4, 0.5) is 4.79 Å². The van der Waals surface area contributed by atoms with Crippen molar-refractivity contribution < 1.29 is 23.8 Å². The highest BCUT2D eigenvalue weighted by Gasteiger charge is 2.57. The molecule has 3 aromatic carbocycles. The number of ether oxygens (including phenoxy) is 3. The van der Waals surface area contributed by atoms with Crippen molar-refractivity contribution in [3.63, 3.8) is 0 Å². The fourth-order valence-corrected chi connectivity index (χ4v) is 5.71. The Labute approximate surface area is 223 Å². The number of benzene rings is 3. The SMILES string of the molecule is COCCN1C(=O)N(Cc2ccc3ccccc3c2)C(=O)C12CCN(Cc1cc(OC)cc(OC)c1)CC2. The Kier molecular flexibility index (Phi) is 7.53. The summed E-state index contributed by atoms with van der Waals surface area (Å²) in [6.07, 6.45) is 1.16. The second-order valence-electron chi connectivity index (χ2n) is 10.0. The van der Waals surface area contributed by atoms with E-state index in [1.165, 1.54) is 4.90 Å². The lowest BCUT2D eigenvalue weighted by Crippen LogP contribution is -2.57. The molecule has 2 aliphatic rings. The number of amides is 3. The van der Waals surface area contributed by atoms with Gasteiger partial charge in [-0.05, 0) is 52.9 Å². The number of fused-ring (bicyclic) bond motifs is 1. The number of hydrogen-bond acceptors (Lipinski definition) is 6. The highest BCUT2D eigenvalue weighted by Crippen LogP contribution is 2.38. The number of likely N-dealkylation sites (tertiary alicyclic amines) is 1. The molecule has 2 heterocycles. The quantitative estimate of drug-likeness (QED) is 0.394. The molecule has 0 saturated carbocycles. The Morgan fingerprint density at radius 3 is 2.13 bits per heavy atom. The average molecular weight is 518 g/mol. The third-order valence-corrected chi connectivity index (χ3v) is 7.80. The topological polar surface area (TPSA) is 71.6 Å². The number of piperidine rings is 1. The molecule has 2 fully saturated rings. The Balaban J connectivity index is 1.34. The molecule has 0 N–H and O–H groups in total. The lowest BCUT2D eigenvalue weighted by atomic mass is 9.85. The van der Waals surface area contributed by atoms with Crippen molar-refractivity contribution in [3.8, 4) is 11.5 Å². The first kappa shape index (κ1) is 26.0. The number of carbonyl (C=O) groups excluding carboxylic acids is 2. The summed E-state index contributed by atoms with van der Waals surface area (Å²) in [7, 11) is 4.90. The summed E-state index contributed by atoms with van der Waals surface area (Å²) in [5.41, 5.74) is 1.19. The standard InChI is InChI=1S/C30H35N3O5/c1-36-15-14-33-29(35)32(21-22-8-9-24-6-4-5-7-25(24)16-22)28(34)30(33)10-12-31(13-11-30)20-23-17-26(37-2)19-27(18-23)38-3/h4-9,16-19H,10-15,20-21H2,1-3H3. The largest absolute Gasteiger partial charge is 0.497 e. The van der Waals surface area contributed by atoms with Crippen LogP contribution in [0.1, 0.15) is 24.0 Å². The van der Waals surface area contributed by atoms with Gasteiger partial charge in [-0.3, -0.25) is 14.6 Å². The van der Waals surface area contributed by atoms with Crippen molar-refractivity contribution in [2.45, 2.75) is 31.5 Å². The molecule has 3 amide bonds. The summed E-state index contributed by atoms with van der Waals surface area (Å²) < 4.78 is 16.1. The van der Waals surface area contributed by atoms with Crippen LogP contribution < -0.4 is 9.47 Å². The van der Waals surface area contributed by atoms with E-state index in [2.05, 4.69) is 17.0 Å².